The first-order chi connectivity index (χ1) is 25.3. The highest BCUT2D eigenvalue weighted by molar-refractivity contribution is 6.16. The van der Waals surface area contributed by atoms with E-state index in [-0.39, 0.29) is 0 Å². The summed E-state index contributed by atoms with van der Waals surface area (Å²) in [5.41, 5.74) is 10.5. The fourth-order valence-electron chi connectivity index (χ4n) is 8.31. The molecule has 0 radical (unpaired) electrons. The number of pyridine rings is 1. The number of rotatable bonds is 4. The van der Waals surface area contributed by atoms with Crippen molar-refractivity contribution in [1.82, 2.24) is 18.7 Å². The summed E-state index contributed by atoms with van der Waals surface area (Å²) >= 11 is 0. The molecule has 0 aliphatic rings. The Labute approximate surface area is 293 Å². The van der Waals surface area contributed by atoms with E-state index >= 15 is 0 Å². The van der Waals surface area contributed by atoms with Crippen LogP contribution in [0.15, 0.2) is 182 Å². The third-order valence-corrected chi connectivity index (χ3v) is 10.5. The van der Waals surface area contributed by atoms with Gasteiger partial charge in [-0.15, -0.1) is 0 Å². The lowest BCUT2D eigenvalue weighted by atomic mass is 10.00. The van der Waals surface area contributed by atoms with Crippen LogP contribution < -0.4 is 0 Å². The van der Waals surface area contributed by atoms with Crippen molar-refractivity contribution in [3.63, 3.8) is 0 Å². The number of hydrogen-bond donors (Lipinski definition) is 0. The Morgan fingerprint density at radius 1 is 0.314 bits per heavy atom. The highest BCUT2D eigenvalue weighted by Gasteiger charge is 2.19. The van der Waals surface area contributed by atoms with Crippen LogP contribution in [0.4, 0.5) is 0 Å². The minimum absolute atomic E-state index is 0.889. The van der Waals surface area contributed by atoms with Gasteiger partial charge in [-0.3, -0.25) is 9.13 Å². The Morgan fingerprint density at radius 3 is 1.37 bits per heavy atom. The van der Waals surface area contributed by atoms with Gasteiger partial charge < -0.3 is 4.57 Å². The minimum Gasteiger partial charge on any atom is -0.309 e. The molecule has 11 aromatic rings. The number of hydrogen-bond acceptors (Lipinski definition) is 1. The second kappa shape index (κ2) is 10.8. The zero-order chi connectivity index (χ0) is 33.5. The zero-order valence-electron chi connectivity index (χ0n) is 27.6. The van der Waals surface area contributed by atoms with E-state index in [2.05, 4.69) is 196 Å². The standard InChI is InChI=1S/C47H30N4/c1-2-14-32(15-3-1)49-40-22-8-6-18-36(40)38-21-12-20-33(47(38)49)31-28-29-44-39(30-31)37-19-7-11-25-43(37)51(44)46-27-13-26-45(48-46)50-41-23-9-4-16-34(41)35-17-5-10-24-42(35)50/h1-30H. The van der Waals surface area contributed by atoms with E-state index in [0.29, 0.717) is 0 Å². The topological polar surface area (TPSA) is 27.7 Å². The molecular formula is C47H30N4. The Bertz CT molecular complexity index is 3090. The Morgan fingerprint density at radius 2 is 0.765 bits per heavy atom. The number of para-hydroxylation sites is 6. The van der Waals surface area contributed by atoms with Crippen LogP contribution in [0.5, 0.6) is 0 Å². The van der Waals surface area contributed by atoms with Gasteiger partial charge in [-0.25, -0.2) is 4.98 Å². The molecular weight excluding hydrogens is 621 g/mol. The first-order valence-corrected chi connectivity index (χ1v) is 17.4. The van der Waals surface area contributed by atoms with Gasteiger partial charge in [0.25, 0.3) is 0 Å². The lowest BCUT2D eigenvalue weighted by Gasteiger charge is -2.13. The normalized spacial score (nSPS) is 11.9. The van der Waals surface area contributed by atoms with E-state index < -0.39 is 0 Å². The molecule has 11 rings (SSSR count). The molecule has 0 spiro atoms. The molecule has 7 aromatic carbocycles. The van der Waals surface area contributed by atoms with Crippen molar-refractivity contribution in [2.75, 3.05) is 0 Å². The predicted octanol–water partition coefficient (Wildman–Crippen LogP) is 12.0. The summed E-state index contributed by atoms with van der Waals surface area (Å²) in [7, 11) is 0. The molecule has 51 heavy (non-hydrogen) atoms. The first-order valence-electron chi connectivity index (χ1n) is 17.4. The largest absolute Gasteiger partial charge is 0.309 e. The molecule has 0 amide bonds. The van der Waals surface area contributed by atoms with Gasteiger partial charge in [0.15, 0.2) is 0 Å². The average molecular weight is 651 g/mol. The number of fused-ring (bicyclic) bond motifs is 9. The number of aromatic nitrogens is 4. The lowest BCUT2D eigenvalue weighted by molar-refractivity contribution is 1.01. The lowest BCUT2D eigenvalue weighted by Crippen LogP contribution is -2.03. The fraction of sp³-hybridized carbons (Fsp3) is 0. The van der Waals surface area contributed by atoms with E-state index in [1.165, 1.54) is 54.5 Å². The van der Waals surface area contributed by atoms with Gasteiger partial charge in [-0.2, -0.15) is 0 Å². The molecule has 0 fully saturated rings. The monoisotopic (exact) mass is 650 g/mol. The van der Waals surface area contributed by atoms with Crippen LogP contribution in [0.2, 0.25) is 0 Å². The van der Waals surface area contributed by atoms with E-state index in [1.54, 1.807) is 0 Å². The van der Waals surface area contributed by atoms with Gasteiger partial charge in [0.05, 0.1) is 33.1 Å². The maximum atomic E-state index is 5.37. The molecule has 4 heteroatoms. The van der Waals surface area contributed by atoms with Crippen LogP contribution in [0.1, 0.15) is 0 Å². The van der Waals surface area contributed by atoms with Crippen LogP contribution in [0.25, 0.3) is 93.9 Å². The van der Waals surface area contributed by atoms with Gasteiger partial charge in [0.2, 0.25) is 0 Å². The third-order valence-electron chi connectivity index (χ3n) is 10.5. The zero-order valence-corrected chi connectivity index (χ0v) is 27.6. The highest BCUT2D eigenvalue weighted by Crippen LogP contribution is 2.41. The summed E-state index contributed by atoms with van der Waals surface area (Å²) in [5.74, 6) is 1.78. The predicted molar refractivity (Wildman–Crippen MR) is 213 cm³/mol. The van der Waals surface area contributed by atoms with Crippen molar-refractivity contribution in [2.45, 2.75) is 0 Å². The van der Waals surface area contributed by atoms with Crippen molar-refractivity contribution in [2.24, 2.45) is 0 Å². The molecule has 4 heterocycles. The quantitative estimate of drug-likeness (QED) is 0.186. The third kappa shape index (κ3) is 4.05. The number of nitrogens with zero attached hydrogens (tertiary/aromatic N) is 4. The summed E-state index contributed by atoms with van der Waals surface area (Å²) in [4.78, 5) is 5.37. The van der Waals surface area contributed by atoms with Gasteiger partial charge in [-0.05, 0) is 66.2 Å². The van der Waals surface area contributed by atoms with Crippen molar-refractivity contribution in [1.29, 1.82) is 0 Å². The highest BCUT2D eigenvalue weighted by atomic mass is 15.1. The molecule has 0 aliphatic carbocycles. The smallest absolute Gasteiger partial charge is 0.140 e. The van der Waals surface area contributed by atoms with E-state index in [9.17, 15) is 0 Å². The van der Waals surface area contributed by atoms with E-state index in [4.69, 9.17) is 4.98 Å². The maximum absolute atomic E-state index is 5.37. The van der Waals surface area contributed by atoms with E-state index in [0.717, 1.165) is 39.4 Å². The molecule has 238 valence electrons. The van der Waals surface area contributed by atoms with Crippen LogP contribution in [-0.2, 0) is 0 Å². The molecule has 0 aliphatic heterocycles. The maximum Gasteiger partial charge on any atom is 0.140 e. The molecule has 0 unspecified atom stereocenters. The summed E-state index contributed by atoms with van der Waals surface area (Å²) in [6.07, 6.45) is 0. The molecule has 0 N–H and O–H groups in total. The van der Waals surface area contributed by atoms with Gasteiger partial charge in [0.1, 0.15) is 11.6 Å². The molecule has 4 aromatic heterocycles. The van der Waals surface area contributed by atoms with Gasteiger partial charge in [0, 0.05) is 43.6 Å². The Kier molecular flexibility index (Phi) is 5.92. The molecule has 0 atom stereocenters. The summed E-state index contributed by atoms with van der Waals surface area (Å²) in [5, 5.41) is 7.36. The summed E-state index contributed by atoms with van der Waals surface area (Å²) < 4.78 is 7.01. The Hall–Kier alpha value is -6.91. The van der Waals surface area contributed by atoms with Crippen molar-refractivity contribution < 1.29 is 0 Å². The van der Waals surface area contributed by atoms with Crippen molar-refractivity contribution in [3.8, 4) is 28.5 Å². The Balaban J connectivity index is 1.14. The van der Waals surface area contributed by atoms with Crippen LogP contribution in [0, 0.1) is 0 Å². The minimum atomic E-state index is 0.889. The van der Waals surface area contributed by atoms with Crippen molar-refractivity contribution >= 4 is 65.4 Å². The fourth-order valence-corrected chi connectivity index (χ4v) is 8.31. The average Bonchev–Trinajstić information content (AvgIpc) is 3.84. The van der Waals surface area contributed by atoms with Gasteiger partial charge >= 0.3 is 0 Å². The first kappa shape index (κ1) is 28.0. The molecule has 0 bridgehead atoms. The summed E-state index contributed by atoms with van der Waals surface area (Å²) in [6, 6.07) is 65.3. The number of benzene rings is 7. The summed E-state index contributed by atoms with van der Waals surface area (Å²) in [6.45, 7) is 0. The second-order valence-electron chi connectivity index (χ2n) is 13.2. The molecule has 0 saturated heterocycles. The molecule has 4 nitrogen and oxygen atoms in total. The van der Waals surface area contributed by atoms with Gasteiger partial charge in [-0.1, -0.05) is 121 Å². The van der Waals surface area contributed by atoms with Crippen LogP contribution in [-0.4, -0.2) is 18.7 Å². The van der Waals surface area contributed by atoms with E-state index in [1.807, 2.05) is 0 Å². The molecule has 0 saturated carbocycles. The SMILES string of the molecule is c1ccc(-n2c3ccccc3c3cccc(-c4ccc5c(c4)c4ccccc4n5-c4cccc(-n5c6ccccc6c6ccccc65)n4)c32)cc1. The van der Waals surface area contributed by atoms with Crippen LogP contribution >= 0.6 is 0 Å². The van der Waals surface area contributed by atoms with Crippen molar-refractivity contribution in [3.05, 3.63) is 182 Å². The second-order valence-corrected chi connectivity index (χ2v) is 13.2. The van der Waals surface area contributed by atoms with Crippen LogP contribution in [0.3, 0.4) is 0 Å².